The second kappa shape index (κ2) is 10.6. The van der Waals surface area contributed by atoms with Crippen LogP contribution in [0.4, 0.5) is 17.1 Å². The van der Waals surface area contributed by atoms with Gasteiger partial charge in [-0.15, -0.1) is 0 Å². The van der Waals surface area contributed by atoms with Crippen LogP contribution in [-0.2, 0) is 5.41 Å². The fourth-order valence-corrected chi connectivity index (χ4v) is 8.24. The third-order valence-corrected chi connectivity index (χ3v) is 10.3. The second-order valence-electron chi connectivity index (χ2n) is 13.2. The van der Waals surface area contributed by atoms with Gasteiger partial charge in [-0.3, -0.25) is 0 Å². The first-order valence-electron chi connectivity index (χ1n) is 16.1. The van der Waals surface area contributed by atoms with E-state index in [2.05, 4.69) is 142 Å². The molecule has 0 N–H and O–H groups in total. The number of nitrogens with zero attached hydrogens (tertiary/aromatic N) is 3. The van der Waals surface area contributed by atoms with Gasteiger partial charge < -0.3 is 4.90 Å². The molecule has 4 heteroatoms. The first-order chi connectivity index (χ1) is 22.9. The van der Waals surface area contributed by atoms with Gasteiger partial charge in [0, 0.05) is 16.5 Å². The molecule has 0 saturated heterocycles. The lowest BCUT2D eigenvalue weighted by Crippen LogP contribution is -2.52. The fourth-order valence-electron chi connectivity index (χ4n) is 8.24. The van der Waals surface area contributed by atoms with Crippen molar-refractivity contribution in [3.05, 3.63) is 155 Å². The molecule has 3 nitrogen and oxygen atoms in total. The van der Waals surface area contributed by atoms with Gasteiger partial charge >= 0.3 is 0 Å². The van der Waals surface area contributed by atoms with Crippen LogP contribution in [0.1, 0.15) is 47.2 Å². The maximum atomic E-state index is 10.7. The maximum absolute atomic E-state index is 10.7. The molecule has 222 valence electrons. The number of hydrogen-bond acceptors (Lipinski definition) is 3. The van der Waals surface area contributed by atoms with Crippen molar-refractivity contribution in [3.63, 3.8) is 0 Å². The summed E-state index contributed by atoms with van der Waals surface area (Å²) in [5.41, 5.74) is 16.6. The highest BCUT2D eigenvalue weighted by molar-refractivity contribution is 7.00. The Hall–Kier alpha value is -5.84. The number of aryl methyl sites for hydroxylation is 2. The minimum absolute atomic E-state index is 0.133. The Labute approximate surface area is 277 Å². The van der Waals surface area contributed by atoms with E-state index in [1.807, 2.05) is 24.3 Å². The van der Waals surface area contributed by atoms with E-state index in [9.17, 15) is 10.5 Å². The molecular weight excluding hydrogens is 569 g/mol. The average Bonchev–Trinajstić information content (AvgIpc) is 3.44. The molecule has 0 aromatic heterocycles. The molecule has 6 aromatic rings. The van der Waals surface area contributed by atoms with Gasteiger partial charge in [0.15, 0.2) is 0 Å². The molecule has 0 radical (unpaired) electrons. The fraction of sp³-hybridized carbons (Fsp3) is 0.116. The van der Waals surface area contributed by atoms with Gasteiger partial charge in [0.25, 0.3) is 0 Å². The number of anilines is 3. The van der Waals surface area contributed by atoms with Crippen LogP contribution in [0.5, 0.6) is 0 Å². The molecule has 47 heavy (non-hydrogen) atoms. The summed E-state index contributed by atoms with van der Waals surface area (Å²) in [4.78, 5) is 2.28. The van der Waals surface area contributed by atoms with Crippen LogP contribution < -0.4 is 21.3 Å². The Morgan fingerprint density at radius 2 is 0.957 bits per heavy atom. The van der Waals surface area contributed by atoms with Crippen molar-refractivity contribution in [2.45, 2.75) is 33.1 Å². The van der Waals surface area contributed by atoms with E-state index >= 15 is 0 Å². The molecular formula is C43H32BN3. The molecule has 2 heterocycles. The van der Waals surface area contributed by atoms with Crippen LogP contribution in [0.2, 0.25) is 0 Å². The van der Waals surface area contributed by atoms with Crippen LogP contribution >= 0.6 is 0 Å². The molecule has 0 saturated carbocycles. The zero-order valence-electron chi connectivity index (χ0n) is 27.0. The lowest BCUT2D eigenvalue weighted by Gasteiger charge is -2.42. The molecule has 0 fully saturated rings. The molecule has 0 aliphatic carbocycles. The number of benzene rings is 6. The largest absolute Gasteiger partial charge is 0.308 e. The SMILES string of the molecule is Cc1cccc2c1B(c1c(C#N)cccc1-c1cccc(C#N)c1N1c3ccccc3C(C)(C)c3ccccc31)c1c(C)cccc1-2. The van der Waals surface area contributed by atoms with Crippen LogP contribution in [-0.4, -0.2) is 6.71 Å². The van der Waals surface area contributed by atoms with Crippen molar-refractivity contribution < 1.29 is 0 Å². The van der Waals surface area contributed by atoms with E-state index in [0.717, 1.165) is 33.7 Å². The zero-order valence-corrected chi connectivity index (χ0v) is 27.0. The lowest BCUT2D eigenvalue weighted by atomic mass is 9.36. The second-order valence-corrected chi connectivity index (χ2v) is 13.2. The first kappa shape index (κ1) is 28.6. The summed E-state index contributed by atoms with van der Waals surface area (Å²) in [6, 6.07) is 47.2. The third-order valence-electron chi connectivity index (χ3n) is 10.3. The molecule has 0 spiro atoms. The third kappa shape index (κ3) is 4.05. The minimum atomic E-state index is -0.232. The highest BCUT2D eigenvalue weighted by Crippen LogP contribution is 2.54. The van der Waals surface area contributed by atoms with Gasteiger partial charge in [0.2, 0.25) is 6.71 Å². The van der Waals surface area contributed by atoms with E-state index in [-0.39, 0.29) is 12.1 Å². The summed E-state index contributed by atoms with van der Waals surface area (Å²) in [5, 5.41) is 21.4. The minimum Gasteiger partial charge on any atom is -0.308 e. The Morgan fingerprint density at radius 1 is 0.511 bits per heavy atom. The Balaban J connectivity index is 1.48. The van der Waals surface area contributed by atoms with Gasteiger partial charge in [-0.2, -0.15) is 10.5 Å². The standard InChI is InChI=1S/C43H32BN3/c1-27-13-9-17-31-32-18-10-14-28(2)40(32)44(39(27)31)41-29(25-45)15-11-19-33(41)34-20-12-16-30(26-46)42(34)47-37-23-7-5-21-35(37)43(3,4)36-22-6-8-24-38(36)47/h5-24H,1-4H3. The first-order valence-corrected chi connectivity index (χ1v) is 16.1. The lowest BCUT2D eigenvalue weighted by molar-refractivity contribution is 0.632. The maximum Gasteiger partial charge on any atom is 0.246 e. The van der Waals surface area contributed by atoms with Gasteiger partial charge in [-0.05, 0) is 71.4 Å². The number of hydrogen-bond donors (Lipinski definition) is 0. The van der Waals surface area contributed by atoms with Crippen LogP contribution in [0.3, 0.4) is 0 Å². The predicted molar refractivity (Wildman–Crippen MR) is 194 cm³/mol. The topological polar surface area (TPSA) is 50.8 Å². The quantitative estimate of drug-likeness (QED) is 0.192. The van der Waals surface area contributed by atoms with Crippen molar-refractivity contribution in [2.75, 3.05) is 4.90 Å². The van der Waals surface area contributed by atoms with Crippen molar-refractivity contribution in [1.29, 1.82) is 10.5 Å². The van der Waals surface area contributed by atoms with Gasteiger partial charge in [0.1, 0.15) is 6.07 Å². The zero-order chi connectivity index (χ0) is 32.4. The average molecular weight is 602 g/mol. The van der Waals surface area contributed by atoms with E-state index < -0.39 is 0 Å². The molecule has 6 aromatic carbocycles. The van der Waals surface area contributed by atoms with Gasteiger partial charge in [0.05, 0.1) is 28.7 Å². The van der Waals surface area contributed by atoms with Crippen LogP contribution in [0.25, 0.3) is 22.3 Å². The van der Waals surface area contributed by atoms with Crippen molar-refractivity contribution >= 4 is 40.2 Å². The highest BCUT2D eigenvalue weighted by Gasteiger charge is 2.41. The van der Waals surface area contributed by atoms with Crippen molar-refractivity contribution in [2.24, 2.45) is 0 Å². The molecule has 0 amide bonds. The highest BCUT2D eigenvalue weighted by atomic mass is 15.2. The Morgan fingerprint density at radius 3 is 1.49 bits per heavy atom. The monoisotopic (exact) mass is 601 g/mol. The van der Waals surface area contributed by atoms with Gasteiger partial charge in [-0.1, -0.05) is 133 Å². The number of rotatable bonds is 3. The van der Waals surface area contributed by atoms with E-state index in [1.165, 1.54) is 44.3 Å². The molecule has 0 atom stereocenters. The number of nitriles is 2. The molecule has 2 aliphatic rings. The summed E-state index contributed by atoms with van der Waals surface area (Å²) >= 11 is 0. The van der Waals surface area contributed by atoms with E-state index in [1.54, 1.807) is 0 Å². The molecule has 0 bridgehead atoms. The summed E-state index contributed by atoms with van der Waals surface area (Å²) in [6.45, 7) is 8.76. The molecule has 2 aliphatic heterocycles. The van der Waals surface area contributed by atoms with Gasteiger partial charge in [-0.25, -0.2) is 0 Å². The summed E-state index contributed by atoms with van der Waals surface area (Å²) < 4.78 is 0. The number of fused-ring (bicyclic) bond motifs is 5. The summed E-state index contributed by atoms with van der Waals surface area (Å²) in [5.74, 6) is 0. The van der Waals surface area contributed by atoms with Crippen LogP contribution in [0.15, 0.2) is 121 Å². The number of para-hydroxylation sites is 3. The van der Waals surface area contributed by atoms with Crippen LogP contribution in [0, 0.1) is 36.5 Å². The van der Waals surface area contributed by atoms with Crippen molar-refractivity contribution in [1.82, 2.24) is 0 Å². The molecule has 0 unspecified atom stereocenters. The Bertz CT molecular complexity index is 2250. The molecule has 8 rings (SSSR count). The summed E-state index contributed by atoms with van der Waals surface area (Å²) in [6.07, 6.45) is 0. The normalized spacial score (nSPS) is 13.6. The van der Waals surface area contributed by atoms with E-state index in [0.29, 0.717) is 11.1 Å². The smallest absolute Gasteiger partial charge is 0.246 e. The predicted octanol–water partition coefficient (Wildman–Crippen LogP) is 8.32. The Kier molecular flexibility index (Phi) is 6.47. The van der Waals surface area contributed by atoms with Crippen molar-refractivity contribution in [3.8, 4) is 34.4 Å². The summed E-state index contributed by atoms with van der Waals surface area (Å²) in [7, 11) is 0. The van der Waals surface area contributed by atoms with E-state index in [4.69, 9.17) is 0 Å².